The molecule has 0 aromatic heterocycles. The van der Waals surface area contributed by atoms with Gasteiger partial charge in [-0.25, -0.2) is 4.21 Å². The van der Waals surface area contributed by atoms with E-state index in [2.05, 4.69) is 0 Å². The van der Waals surface area contributed by atoms with E-state index in [1.165, 1.54) is 0 Å². The average molecular weight is 357 g/mol. The first-order chi connectivity index (χ1) is 12.0. The Morgan fingerprint density at radius 1 is 1.12 bits per heavy atom. The zero-order valence-corrected chi connectivity index (χ0v) is 15.8. The lowest BCUT2D eigenvalue weighted by molar-refractivity contribution is -0.143. The van der Waals surface area contributed by atoms with Gasteiger partial charge in [0.1, 0.15) is 17.0 Å². The Bertz CT molecular complexity index is 796. The highest BCUT2D eigenvalue weighted by atomic mass is 32.2. The van der Waals surface area contributed by atoms with Gasteiger partial charge < -0.3 is 4.74 Å². The summed E-state index contributed by atoms with van der Waals surface area (Å²) in [5, 5.41) is 0. The standard InChI is InChI=1S/C20H23NO3S/c1-5-24-20(22)18-17(16-9-7-6-8-10-16)21(18)25(23)19-14(3)11-13(2)12-15(19)4/h6-12,17-18H,5H2,1-4H3/t17-,18-,21?,25-/m1/s1. The number of carbonyl (C=O) groups excluding carboxylic acids is 1. The summed E-state index contributed by atoms with van der Waals surface area (Å²) in [7, 11) is -1.41. The maximum atomic E-state index is 13.3. The molecule has 4 atom stereocenters. The van der Waals surface area contributed by atoms with Crippen LogP contribution in [0.1, 0.15) is 35.2 Å². The van der Waals surface area contributed by atoms with Crippen LogP contribution >= 0.6 is 0 Å². The highest BCUT2D eigenvalue weighted by Crippen LogP contribution is 2.47. The minimum Gasteiger partial charge on any atom is -0.465 e. The predicted octanol–water partition coefficient (Wildman–Crippen LogP) is 3.62. The molecule has 1 aliphatic rings. The van der Waals surface area contributed by atoms with Crippen molar-refractivity contribution >= 4 is 17.0 Å². The van der Waals surface area contributed by atoms with Crippen LogP contribution in [-0.2, 0) is 20.5 Å². The van der Waals surface area contributed by atoms with Gasteiger partial charge in [0.2, 0.25) is 0 Å². The molecule has 3 rings (SSSR count). The van der Waals surface area contributed by atoms with Gasteiger partial charge in [-0.05, 0) is 44.4 Å². The van der Waals surface area contributed by atoms with Crippen LogP contribution in [0, 0.1) is 20.8 Å². The molecule has 1 heterocycles. The zero-order chi connectivity index (χ0) is 18.1. The third-order valence-electron chi connectivity index (χ3n) is 4.40. The molecule has 0 amide bonds. The molecule has 1 unspecified atom stereocenters. The number of aryl methyl sites for hydroxylation is 3. The van der Waals surface area contributed by atoms with Crippen LogP contribution in [0.15, 0.2) is 47.4 Å². The van der Waals surface area contributed by atoms with Crippen molar-refractivity contribution in [3.05, 3.63) is 64.7 Å². The largest absolute Gasteiger partial charge is 0.465 e. The van der Waals surface area contributed by atoms with Crippen LogP contribution in [0.4, 0.5) is 0 Å². The number of hydrogen-bond donors (Lipinski definition) is 0. The van der Waals surface area contributed by atoms with Gasteiger partial charge in [0.15, 0.2) is 0 Å². The number of benzene rings is 2. The molecule has 0 bridgehead atoms. The van der Waals surface area contributed by atoms with E-state index in [1.54, 1.807) is 11.2 Å². The van der Waals surface area contributed by atoms with E-state index >= 15 is 0 Å². The van der Waals surface area contributed by atoms with Gasteiger partial charge in [-0.2, -0.15) is 4.31 Å². The molecule has 4 nitrogen and oxygen atoms in total. The van der Waals surface area contributed by atoms with E-state index in [1.807, 2.05) is 63.2 Å². The second-order valence-electron chi connectivity index (χ2n) is 6.39. The molecular weight excluding hydrogens is 334 g/mol. The van der Waals surface area contributed by atoms with Crippen LogP contribution in [0.3, 0.4) is 0 Å². The fourth-order valence-corrected chi connectivity index (χ4v) is 5.08. The molecule has 0 spiro atoms. The molecule has 2 aromatic carbocycles. The number of rotatable bonds is 5. The number of esters is 1. The molecule has 0 aliphatic carbocycles. The fraction of sp³-hybridized carbons (Fsp3) is 0.350. The van der Waals surface area contributed by atoms with E-state index in [9.17, 15) is 9.00 Å². The van der Waals surface area contributed by atoms with Crippen LogP contribution in [-0.4, -0.2) is 27.1 Å². The predicted molar refractivity (Wildman–Crippen MR) is 98.5 cm³/mol. The third kappa shape index (κ3) is 3.39. The quantitative estimate of drug-likeness (QED) is 0.606. The van der Waals surface area contributed by atoms with Gasteiger partial charge in [0.25, 0.3) is 0 Å². The molecule has 2 aromatic rings. The smallest absolute Gasteiger partial charge is 0.326 e. The minimum absolute atomic E-state index is 0.207. The number of carbonyl (C=O) groups is 1. The highest BCUT2D eigenvalue weighted by molar-refractivity contribution is 7.83. The van der Waals surface area contributed by atoms with Crippen molar-refractivity contribution in [2.24, 2.45) is 0 Å². The number of ether oxygens (including phenoxy) is 1. The van der Waals surface area contributed by atoms with Crippen LogP contribution in [0.25, 0.3) is 0 Å². The van der Waals surface area contributed by atoms with E-state index in [4.69, 9.17) is 4.74 Å². The van der Waals surface area contributed by atoms with Crippen LogP contribution in [0.5, 0.6) is 0 Å². The fourth-order valence-electron chi connectivity index (χ4n) is 3.41. The van der Waals surface area contributed by atoms with Gasteiger partial charge in [-0.1, -0.05) is 48.0 Å². The lowest BCUT2D eigenvalue weighted by Gasteiger charge is -2.12. The number of hydrogen-bond acceptors (Lipinski definition) is 3. The lowest BCUT2D eigenvalue weighted by atomic mass is 10.1. The zero-order valence-electron chi connectivity index (χ0n) is 15.0. The maximum Gasteiger partial charge on any atom is 0.326 e. The molecule has 0 radical (unpaired) electrons. The summed E-state index contributed by atoms with van der Waals surface area (Å²) in [6.07, 6.45) is 0. The molecule has 1 fully saturated rings. The molecule has 0 N–H and O–H groups in total. The summed E-state index contributed by atoms with van der Waals surface area (Å²) in [5.41, 5.74) is 4.09. The second kappa shape index (κ2) is 7.10. The Hall–Kier alpha value is -1.98. The summed E-state index contributed by atoms with van der Waals surface area (Å²) in [4.78, 5) is 13.2. The molecule has 25 heavy (non-hydrogen) atoms. The second-order valence-corrected chi connectivity index (χ2v) is 7.72. The molecular formula is C20H23NO3S. The molecule has 1 saturated heterocycles. The summed E-state index contributed by atoms with van der Waals surface area (Å²) >= 11 is 0. The van der Waals surface area contributed by atoms with Crippen molar-refractivity contribution in [1.29, 1.82) is 0 Å². The normalized spacial score (nSPS) is 23.1. The van der Waals surface area contributed by atoms with Crippen molar-refractivity contribution in [2.45, 2.75) is 44.7 Å². The van der Waals surface area contributed by atoms with Gasteiger partial charge in [-0.15, -0.1) is 0 Å². The Labute approximate surface area is 151 Å². The Morgan fingerprint density at radius 2 is 1.72 bits per heavy atom. The van der Waals surface area contributed by atoms with Crippen molar-refractivity contribution < 1.29 is 13.7 Å². The van der Waals surface area contributed by atoms with Gasteiger partial charge in [-0.3, -0.25) is 4.79 Å². The van der Waals surface area contributed by atoms with Crippen molar-refractivity contribution in [3.8, 4) is 0 Å². The first kappa shape index (κ1) is 17.8. The summed E-state index contributed by atoms with van der Waals surface area (Å²) in [6.45, 7) is 8.06. The Kier molecular flexibility index (Phi) is 5.06. The molecule has 1 aliphatic heterocycles. The third-order valence-corrected chi connectivity index (χ3v) is 6.23. The van der Waals surface area contributed by atoms with Gasteiger partial charge in [0.05, 0.1) is 17.5 Å². The lowest BCUT2D eigenvalue weighted by Crippen LogP contribution is -2.18. The molecule has 0 saturated carbocycles. The molecule has 5 heteroatoms. The summed E-state index contributed by atoms with van der Waals surface area (Å²) < 4.78 is 20.2. The van der Waals surface area contributed by atoms with Crippen LogP contribution in [0.2, 0.25) is 0 Å². The topological polar surface area (TPSA) is 46.4 Å². The Morgan fingerprint density at radius 3 is 2.28 bits per heavy atom. The summed E-state index contributed by atoms with van der Waals surface area (Å²) in [5.74, 6) is -0.313. The molecule has 132 valence electrons. The Balaban J connectivity index is 1.96. The highest BCUT2D eigenvalue weighted by Gasteiger charge is 2.58. The van der Waals surface area contributed by atoms with Crippen molar-refractivity contribution in [3.63, 3.8) is 0 Å². The summed E-state index contributed by atoms with van der Waals surface area (Å²) in [6, 6.07) is 13.1. The maximum absolute atomic E-state index is 13.3. The monoisotopic (exact) mass is 357 g/mol. The van der Waals surface area contributed by atoms with Crippen molar-refractivity contribution in [2.75, 3.05) is 6.61 Å². The van der Waals surface area contributed by atoms with Gasteiger partial charge in [0, 0.05) is 0 Å². The first-order valence-electron chi connectivity index (χ1n) is 8.45. The van der Waals surface area contributed by atoms with Gasteiger partial charge >= 0.3 is 5.97 Å². The average Bonchev–Trinajstić information content (AvgIpc) is 3.30. The minimum atomic E-state index is -1.41. The first-order valence-corrected chi connectivity index (χ1v) is 9.56. The van der Waals surface area contributed by atoms with Crippen LogP contribution < -0.4 is 0 Å². The van der Waals surface area contributed by atoms with E-state index in [-0.39, 0.29) is 12.0 Å². The van der Waals surface area contributed by atoms with Crippen molar-refractivity contribution in [1.82, 2.24) is 4.31 Å². The van der Waals surface area contributed by atoms with E-state index < -0.39 is 17.0 Å². The van der Waals surface area contributed by atoms with E-state index in [0.29, 0.717) is 6.61 Å². The number of nitrogens with zero attached hydrogens (tertiary/aromatic N) is 1. The SMILES string of the molecule is CCOC(=O)[C@H]1[C@@H](c2ccccc2)N1[S@](=O)c1c(C)cc(C)cc1C. The van der Waals surface area contributed by atoms with E-state index in [0.717, 1.165) is 27.1 Å².